The van der Waals surface area contributed by atoms with Gasteiger partial charge in [0.25, 0.3) is 10.0 Å². The number of halogens is 1. The van der Waals surface area contributed by atoms with Crippen LogP contribution in [0.2, 0.25) is 5.02 Å². The molecule has 2 rings (SSSR count). The van der Waals surface area contributed by atoms with Gasteiger partial charge in [-0.3, -0.25) is 4.72 Å². The van der Waals surface area contributed by atoms with E-state index in [2.05, 4.69) is 15.8 Å². The van der Waals surface area contributed by atoms with Crippen molar-refractivity contribution >= 4 is 38.8 Å². The molecule has 0 bridgehead atoms. The Morgan fingerprint density at radius 2 is 2.25 bits per heavy atom. The summed E-state index contributed by atoms with van der Waals surface area (Å²) in [5.41, 5.74) is 1.54. The van der Waals surface area contributed by atoms with Crippen molar-refractivity contribution < 1.29 is 8.42 Å². The first kappa shape index (κ1) is 11.4. The Bertz CT molecular complexity index is 581. The van der Waals surface area contributed by atoms with E-state index in [0.29, 0.717) is 5.82 Å². The monoisotopic (exact) mass is 273 g/mol. The van der Waals surface area contributed by atoms with Gasteiger partial charge in [-0.15, -0.1) is 11.3 Å². The second-order valence-corrected chi connectivity index (χ2v) is 5.62. The SMILES string of the molecule is O=S(=O)(Nc1cscn1)c1[c]c(Cl)ccc1. The third-order valence-electron chi connectivity index (χ3n) is 1.69. The lowest BCUT2D eigenvalue weighted by molar-refractivity contribution is 0.601. The van der Waals surface area contributed by atoms with E-state index >= 15 is 0 Å². The molecule has 7 heteroatoms. The van der Waals surface area contributed by atoms with Crippen molar-refractivity contribution in [2.45, 2.75) is 4.90 Å². The van der Waals surface area contributed by atoms with Crippen LogP contribution in [0.1, 0.15) is 0 Å². The van der Waals surface area contributed by atoms with Gasteiger partial charge in [0.1, 0.15) is 0 Å². The summed E-state index contributed by atoms with van der Waals surface area (Å²) in [7, 11) is -3.65. The predicted octanol–water partition coefficient (Wildman–Crippen LogP) is 2.40. The second kappa shape index (κ2) is 4.40. The van der Waals surface area contributed by atoms with E-state index in [1.807, 2.05) is 0 Å². The molecule has 0 aliphatic carbocycles. The lowest BCUT2D eigenvalue weighted by atomic mass is 10.4. The summed E-state index contributed by atoms with van der Waals surface area (Å²) < 4.78 is 26.0. The molecule has 0 aliphatic heterocycles. The highest BCUT2D eigenvalue weighted by Crippen LogP contribution is 2.18. The Morgan fingerprint density at radius 3 is 2.88 bits per heavy atom. The minimum Gasteiger partial charge on any atom is -0.263 e. The molecule has 1 aromatic heterocycles. The van der Waals surface area contributed by atoms with Gasteiger partial charge in [-0.05, 0) is 12.1 Å². The van der Waals surface area contributed by atoms with Gasteiger partial charge in [0, 0.05) is 16.5 Å². The summed E-state index contributed by atoms with van der Waals surface area (Å²) in [6.07, 6.45) is 0. The molecule has 1 heterocycles. The first-order valence-corrected chi connectivity index (χ1v) is 6.97. The smallest absolute Gasteiger partial charge is 0.263 e. The fraction of sp³-hybridized carbons (Fsp3) is 0. The number of sulfonamides is 1. The van der Waals surface area contributed by atoms with Gasteiger partial charge in [0.05, 0.1) is 10.4 Å². The fourth-order valence-electron chi connectivity index (χ4n) is 1.03. The molecular weight excluding hydrogens is 268 g/mol. The molecule has 0 saturated carbocycles. The number of hydrogen-bond donors (Lipinski definition) is 1. The van der Waals surface area contributed by atoms with Crippen LogP contribution in [0, 0.1) is 6.07 Å². The van der Waals surface area contributed by atoms with Crippen molar-refractivity contribution in [3.05, 3.63) is 40.2 Å². The molecule has 0 unspecified atom stereocenters. The van der Waals surface area contributed by atoms with E-state index < -0.39 is 10.0 Å². The first-order chi connectivity index (χ1) is 7.58. The van der Waals surface area contributed by atoms with Crippen molar-refractivity contribution in [3.63, 3.8) is 0 Å². The lowest BCUT2D eigenvalue weighted by Gasteiger charge is -2.04. The average Bonchev–Trinajstić information content (AvgIpc) is 2.70. The Labute approximate surface area is 102 Å². The van der Waals surface area contributed by atoms with Crippen molar-refractivity contribution in [1.82, 2.24) is 4.98 Å². The number of nitrogens with one attached hydrogen (secondary N) is 1. The molecule has 0 fully saturated rings. The molecule has 1 aromatic carbocycles. The molecule has 0 atom stereocenters. The van der Waals surface area contributed by atoms with Gasteiger partial charge < -0.3 is 0 Å². The molecule has 1 radical (unpaired) electrons. The topological polar surface area (TPSA) is 59.1 Å². The average molecular weight is 274 g/mol. The minimum absolute atomic E-state index is 0.00648. The van der Waals surface area contributed by atoms with Crippen LogP contribution in [0.3, 0.4) is 0 Å². The van der Waals surface area contributed by atoms with Crippen molar-refractivity contribution in [3.8, 4) is 0 Å². The fourth-order valence-corrected chi connectivity index (χ4v) is 2.82. The Hall–Kier alpha value is -1.11. The van der Waals surface area contributed by atoms with Crippen LogP contribution in [0.15, 0.2) is 34.0 Å². The Balaban J connectivity index is 2.33. The number of hydrogen-bond acceptors (Lipinski definition) is 4. The van der Waals surface area contributed by atoms with E-state index in [1.165, 1.54) is 17.4 Å². The van der Waals surface area contributed by atoms with E-state index in [1.54, 1.807) is 23.0 Å². The maximum Gasteiger partial charge on any atom is 0.263 e. The van der Waals surface area contributed by atoms with Crippen LogP contribution in [-0.2, 0) is 10.0 Å². The number of benzene rings is 1. The zero-order valence-electron chi connectivity index (χ0n) is 7.84. The van der Waals surface area contributed by atoms with Gasteiger partial charge >= 0.3 is 0 Å². The number of nitrogens with zero attached hydrogens (tertiary/aromatic N) is 1. The molecule has 0 spiro atoms. The molecule has 0 amide bonds. The molecule has 1 N–H and O–H groups in total. The number of rotatable bonds is 3. The molecule has 83 valence electrons. The normalized spacial score (nSPS) is 11.3. The van der Waals surface area contributed by atoms with Crippen molar-refractivity contribution in [2.75, 3.05) is 4.72 Å². The lowest BCUT2D eigenvalue weighted by Crippen LogP contribution is -2.13. The van der Waals surface area contributed by atoms with Gasteiger partial charge in [0.2, 0.25) is 0 Å². The van der Waals surface area contributed by atoms with Crippen molar-refractivity contribution in [1.29, 1.82) is 0 Å². The van der Waals surface area contributed by atoms with Crippen molar-refractivity contribution in [2.24, 2.45) is 0 Å². The summed E-state index contributed by atoms with van der Waals surface area (Å²) >= 11 is 6.98. The summed E-state index contributed by atoms with van der Waals surface area (Å²) in [4.78, 5) is 3.82. The van der Waals surface area contributed by atoms with E-state index in [4.69, 9.17) is 11.6 Å². The number of anilines is 1. The number of thiazole rings is 1. The summed E-state index contributed by atoms with van der Waals surface area (Å²) in [5.74, 6) is 0.290. The van der Waals surface area contributed by atoms with E-state index in [-0.39, 0.29) is 9.92 Å². The van der Waals surface area contributed by atoms with Crippen LogP contribution in [0.25, 0.3) is 0 Å². The summed E-state index contributed by atoms with van der Waals surface area (Å²) in [6, 6.07) is 7.08. The maximum atomic E-state index is 11.8. The largest absolute Gasteiger partial charge is 0.263 e. The van der Waals surface area contributed by atoms with E-state index in [9.17, 15) is 8.42 Å². The highest BCUT2D eigenvalue weighted by Gasteiger charge is 2.15. The molecule has 16 heavy (non-hydrogen) atoms. The Morgan fingerprint density at radius 1 is 1.44 bits per heavy atom. The standard InChI is InChI=1S/C9H6ClN2O2S2/c10-7-2-1-3-8(4-7)16(13,14)12-9-5-15-6-11-9/h1-3,5-6,12H. The van der Waals surface area contributed by atoms with E-state index in [0.717, 1.165) is 0 Å². The third kappa shape index (κ3) is 2.52. The summed E-state index contributed by atoms with van der Waals surface area (Å²) in [6.45, 7) is 0. The van der Waals surface area contributed by atoms with Crippen LogP contribution in [0.4, 0.5) is 5.82 Å². The summed E-state index contributed by atoms with van der Waals surface area (Å²) in [5, 5.41) is 1.85. The van der Waals surface area contributed by atoms with Crippen LogP contribution < -0.4 is 4.72 Å². The highest BCUT2D eigenvalue weighted by atomic mass is 35.5. The minimum atomic E-state index is -3.65. The zero-order chi connectivity index (χ0) is 11.6. The molecule has 4 nitrogen and oxygen atoms in total. The third-order valence-corrected chi connectivity index (χ3v) is 3.80. The van der Waals surface area contributed by atoms with Crippen LogP contribution >= 0.6 is 22.9 Å². The Kier molecular flexibility index (Phi) is 3.13. The van der Waals surface area contributed by atoms with Gasteiger partial charge in [-0.1, -0.05) is 17.7 Å². The maximum absolute atomic E-state index is 11.8. The van der Waals surface area contributed by atoms with Gasteiger partial charge in [-0.2, -0.15) is 0 Å². The molecule has 2 aromatic rings. The quantitative estimate of drug-likeness (QED) is 0.934. The molecule has 0 saturated heterocycles. The first-order valence-electron chi connectivity index (χ1n) is 4.17. The highest BCUT2D eigenvalue weighted by molar-refractivity contribution is 7.92. The van der Waals surface area contributed by atoms with Gasteiger partial charge in [-0.25, -0.2) is 13.4 Å². The zero-order valence-corrected chi connectivity index (χ0v) is 10.2. The predicted molar refractivity (Wildman–Crippen MR) is 63.2 cm³/mol. The number of aromatic nitrogens is 1. The molecular formula is C9H6ClN2O2S2. The van der Waals surface area contributed by atoms with Gasteiger partial charge in [0.15, 0.2) is 5.82 Å². The second-order valence-electron chi connectivity index (χ2n) is 2.84. The molecule has 0 aliphatic rings. The van der Waals surface area contributed by atoms with Crippen LogP contribution in [-0.4, -0.2) is 13.4 Å². The van der Waals surface area contributed by atoms with Crippen LogP contribution in [0.5, 0.6) is 0 Å².